The van der Waals surface area contributed by atoms with Crippen LogP contribution in [0.2, 0.25) is 0 Å². The Balaban J connectivity index is 2.39. The van der Waals surface area contributed by atoms with Crippen LogP contribution in [-0.2, 0) is 4.79 Å². The number of hydrogen-bond donors (Lipinski definition) is 2. The number of aliphatic carboxylic acids is 1. The number of carboxylic acids is 1. The van der Waals surface area contributed by atoms with Gasteiger partial charge in [0.15, 0.2) is 0 Å². The fraction of sp³-hybridized carbons (Fsp3) is 0.182. The molecule has 1 aromatic carbocycles. The molecule has 15 heavy (non-hydrogen) atoms. The molecule has 0 radical (unpaired) electrons. The SMILES string of the molecule is O=C(O)C[C@H](O)c1coc2ccccc12. The van der Waals surface area contributed by atoms with Crippen LogP contribution in [0.3, 0.4) is 0 Å². The second-order valence-electron chi connectivity index (χ2n) is 3.30. The Morgan fingerprint density at radius 1 is 1.40 bits per heavy atom. The van der Waals surface area contributed by atoms with Crippen LogP contribution in [0, 0.1) is 0 Å². The van der Waals surface area contributed by atoms with E-state index in [-0.39, 0.29) is 6.42 Å². The number of carboxylic acid groups (broad SMARTS) is 1. The number of benzene rings is 1. The lowest BCUT2D eigenvalue weighted by Crippen LogP contribution is -2.04. The van der Waals surface area contributed by atoms with Gasteiger partial charge in [0.25, 0.3) is 0 Å². The van der Waals surface area contributed by atoms with E-state index in [2.05, 4.69) is 0 Å². The van der Waals surface area contributed by atoms with E-state index < -0.39 is 12.1 Å². The highest BCUT2D eigenvalue weighted by Gasteiger charge is 2.16. The van der Waals surface area contributed by atoms with Gasteiger partial charge in [-0.1, -0.05) is 18.2 Å². The van der Waals surface area contributed by atoms with Crippen molar-refractivity contribution in [3.8, 4) is 0 Å². The van der Waals surface area contributed by atoms with E-state index in [1.807, 2.05) is 12.1 Å². The molecule has 0 aliphatic carbocycles. The Morgan fingerprint density at radius 3 is 2.87 bits per heavy atom. The first-order valence-corrected chi connectivity index (χ1v) is 4.54. The minimum Gasteiger partial charge on any atom is -0.481 e. The van der Waals surface area contributed by atoms with Gasteiger partial charge >= 0.3 is 5.97 Å². The van der Waals surface area contributed by atoms with Gasteiger partial charge in [-0.25, -0.2) is 0 Å². The van der Waals surface area contributed by atoms with Crippen LogP contribution in [-0.4, -0.2) is 16.2 Å². The minimum absolute atomic E-state index is 0.316. The molecule has 2 rings (SSSR count). The van der Waals surface area contributed by atoms with E-state index >= 15 is 0 Å². The largest absolute Gasteiger partial charge is 0.481 e. The number of fused-ring (bicyclic) bond motifs is 1. The molecule has 0 saturated carbocycles. The maximum atomic E-state index is 10.5. The summed E-state index contributed by atoms with van der Waals surface area (Å²) in [6, 6.07) is 7.19. The van der Waals surface area contributed by atoms with Crippen molar-refractivity contribution >= 4 is 16.9 Å². The number of furan rings is 1. The molecule has 1 aromatic heterocycles. The molecule has 78 valence electrons. The zero-order valence-corrected chi connectivity index (χ0v) is 7.88. The van der Waals surface area contributed by atoms with Gasteiger partial charge in [-0.2, -0.15) is 0 Å². The predicted octanol–water partition coefficient (Wildman–Crippen LogP) is 1.94. The number of rotatable bonds is 3. The van der Waals surface area contributed by atoms with Gasteiger partial charge in [0.05, 0.1) is 18.8 Å². The second kappa shape index (κ2) is 3.74. The lowest BCUT2D eigenvalue weighted by molar-refractivity contribution is -0.139. The molecule has 4 nitrogen and oxygen atoms in total. The van der Waals surface area contributed by atoms with Crippen molar-refractivity contribution in [1.29, 1.82) is 0 Å². The van der Waals surface area contributed by atoms with Crippen molar-refractivity contribution in [3.63, 3.8) is 0 Å². The third-order valence-electron chi connectivity index (χ3n) is 2.24. The van der Waals surface area contributed by atoms with Crippen LogP contribution in [0.5, 0.6) is 0 Å². The molecule has 1 heterocycles. The fourth-order valence-electron chi connectivity index (χ4n) is 1.53. The molecular formula is C11H10O4. The molecule has 4 heteroatoms. The highest BCUT2D eigenvalue weighted by molar-refractivity contribution is 5.82. The van der Waals surface area contributed by atoms with Crippen molar-refractivity contribution < 1.29 is 19.4 Å². The van der Waals surface area contributed by atoms with Crippen LogP contribution < -0.4 is 0 Å². The third-order valence-corrected chi connectivity index (χ3v) is 2.24. The molecule has 0 fully saturated rings. The number of para-hydroxylation sites is 1. The Labute approximate surface area is 85.8 Å². The zero-order valence-electron chi connectivity index (χ0n) is 7.88. The lowest BCUT2D eigenvalue weighted by atomic mass is 10.1. The number of carbonyl (C=O) groups is 1. The van der Waals surface area contributed by atoms with Gasteiger partial charge in [-0.15, -0.1) is 0 Å². The van der Waals surface area contributed by atoms with Gasteiger partial charge in [-0.05, 0) is 6.07 Å². The molecule has 2 N–H and O–H groups in total. The van der Waals surface area contributed by atoms with Crippen molar-refractivity contribution in [2.24, 2.45) is 0 Å². The van der Waals surface area contributed by atoms with E-state index in [1.165, 1.54) is 6.26 Å². The normalized spacial score (nSPS) is 12.9. The standard InChI is InChI=1S/C11H10O4/c12-9(5-11(13)14)8-6-15-10-4-2-1-3-7(8)10/h1-4,6,9,12H,5H2,(H,13,14)/t9-/m0/s1. The van der Waals surface area contributed by atoms with E-state index in [4.69, 9.17) is 9.52 Å². The van der Waals surface area contributed by atoms with Crippen LogP contribution in [0.15, 0.2) is 34.9 Å². The van der Waals surface area contributed by atoms with Crippen LogP contribution in [0.4, 0.5) is 0 Å². The summed E-state index contributed by atoms with van der Waals surface area (Å²) >= 11 is 0. The number of aliphatic hydroxyl groups excluding tert-OH is 1. The van der Waals surface area contributed by atoms with Gasteiger partial charge < -0.3 is 14.6 Å². The molecule has 0 amide bonds. The summed E-state index contributed by atoms with van der Waals surface area (Å²) in [5, 5.41) is 19.0. The van der Waals surface area contributed by atoms with Crippen LogP contribution >= 0.6 is 0 Å². The molecule has 1 atom stereocenters. The fourth-order valence-corrected chi connectivity index (χ4v) is 1.53. The summed E-state index contributed by atoms with van der Waals surface area (Å²) in [6.07, 6.45) is 0.0630. The maximum absolute atomic E-state index is 10.5. The Hall–Kier alpha value is -1.81. The number of aliphatic hydroxyl groups is 1. The highest BCUT2D eigenvalue weighted by Crippen LogP contribution is 2.27. The summed E-state index contributed by atoms with van der Waals surface area (Å²) in [6.45, 7) is 0. The predicted molar refractivity (Wildman–Crippen MR) is 53.4 cm³/mol. The third kappa shape index (κ3) is 1.85. The van der Waals surface area contributed by atoms with Gasteiger partial charge in [-0.3, -0.25) is 4.79 Å². The average Bonchev–Trinajstić information content (AvgIpc) is 2.59. The average molecular weight is 206 g/mol. The van der Waals surface area contributed by atoms with E-state index in [1.54, 1.807) is 12.1 Å². The van der Waals surface area contributed by atoms with Crippen molar-refractivity contribution in [2.45, 2.75) is 12.5 Å². The number of hydrogen-bond acceptors (Lipinski definition) is 3. The monoisotopic (exact) mass is 206 g/mol. The summed E-state index contributed by atoms with van der Waals surface area (Å²) in [4.78, 5) is 10.5. The molecular weight excluding hydrogens is 196 g/mol. The first-order chi connectivity index (χ1) is 7.18. The molecule has 0 unspecified atom stereocenters. The molecule has 0 bridgehead atoms. The van der Waals surface area contributed by atoms with Crippen molar-refractivity contribution in [3.05, 3.63) is 36.1 Å². The molecule has 0 aliphatic rings. The van der Waals surface area contributed by atoms with Crippen molar-refractivity contribution in [2.75, 3.05) is 0 Å². The minimum atomic E-state index is -1.03. The smallest absolute Gasteiger partial charge is 0.306 e. The Morgan fingerprint density at radius 2 is 2.13 bits per heavy atom. The van der Waals surface area contributed by atoms with E-state index in [0.717, 1.165) is 5.39 Å². The Bertz CT molecular complexity index is 486. The Kier molecular flexibility index (Phi) is 2.43. The first-order valence-electron chi connectivity index (χ1n) is 4.54. The quantitative estimate of drug-likeness (QED) is 0.805. The lowest BCUT2D eigenvalue weighted by Gasteiger charge is -2.04. The molecule has 0 spiro atoms. The first kappa shape index (κ1) is 9.73. The van der Waals surface area contributed by atoms with Crippen LogP contribution in [0.25, 0.3) is 11.0 Å². The van der Waals surface area contributed by atoms with E-state index in [9.17, 15) is 9.90 Å². The van der Waals surface area contributed by atoms with E-state index in [0.29, 0.717) is 11.1 Å². The van der Waals surface area contributed by atoms with Gasteiger partial charge in [0.1, 0.15) is 5.58 Å². The molecule has 0 aliphatic heterocycles. The molecule has 0 saturated heterocycles. The van der Waals surface area contributed by atoms with Crippen molar-refractivity contribution in [1.82, 2.24) is 0 Å². The zero-order chi connectivity index (χ0) is 10.8. The summed E-state index contributed by atoms with van der Waals surface area (Å²) < 4.78 is 5.20. The maximum Gasteiger partial charge on any atom is 0.306 e. The van der Waals surface area contributed by atoms with Gasteiger partial charge in [0.2, 0.25) is 0 Å². The summed E-state index contributed by atoms with van der Waals surface area (Å²) in [7, 11) is 0. The summed E-state index contributed by atoms with van der Waals surface area (Å²) in [5.74, 6) is -1.03. The highest BCUT2D eigenvalue weighted by atomic mass is 16.4. The van der Waals surface area contributed by atoms with Gasteiger partial charge in [0, 0.05) is 10.9 Å². The summed E-state index contributed by atoms with van der Waals surface area (Å²) in [5.41, 5.74) is 1.17. The van der Waals surface area contributed by atoms with Crippen LogP contribution in [0.1, 0.15) is 18.1 Å². The topological polar surface area (TPSA) is 70.7 Å². The second-order valence-corrected chi connectivity index (χ2v) is 3.30. The molecule has 2 aromatic rings.